The van der Waals surface area contributed by atoms with Crippen molar-refractivity contribution in [3.8, 4) is 0 Å². The Bertz CT molecular complexity index is 488. The Hall–Kier alpha value is -1.62. The molecular formula is C12H15N3OS. The molecule has 0 spiro atoms. The van der Waals surface area contributed by atoms with Crippen molar-refractivity contribution >= 4 is 28.5 Å². The highest BCUT2D eigenvalue weighted by Gasteiger charge is 2.00. The van der Waals surface area contributed by atoms with Gasteiger partial charge in [-0.2, -0.15) is 0 Å². The first kappa shape index (κ1) is 11.9. The zero-order chi connectivity index (χ0) is 12.1. The Morgan fingerprint density at radius 2 is 2.24 bits per heavy atom. The Kier molecular flexibility index (Phi) is 3.93. The predicted molar refractivity (Wildman–Crippen MR) is 71.7 cm³/mol. The van der Waals surface area contributed by atoms with Crippen molar-refractivity contribution in [2.45, 2.75) is 17.9 Å². The maximum atomic E-state index is 8.40. The molecule has 0 amide bonds. The van der Waals surface area contributed by atoms with E-state index in [1.54, 1.807) is 11.8 Å². The van der Waals surface area contributed by atoms with Gasteiger partial charge in [-0.05, 0) is 24.3 Å². The lowest BCUT2D eigenvalue weighted by atomic mass is 10.3. The summed E-state index contributed by atoms with van der Waals surface area (Å²) in [6.07, 6.45) is 1.53. The van der Waals surface area contributed by atoms with Crippen LogP contribution >= 0.6 is 11.8 Å². The SMILES string of the molecule is NC(CCCSc1cc2ccccc2[nH]1)=NO. The van der Waals surface area contributed by atoms with Crippen molar-refractivity contribution in [1.82, 2.24) is 4.98 Å². The van der Waals surface area contributed by atoms with Gasteiger partial charge in [0.25, 0.3) is 0 Å². The molecule has 1 heterocycles. The minimum atomic E-state index is 0.294. The Balaban J connectivity index is 1.87. The van der Waals surface area contributed by atoms with Crippen LogP contribution in [0.15, 0.2) is 40.5 Å². The fourth-order valence-electron chi connectivity index (χ4n) is 1.61. The van der Waals surface area contributed by atoms with Gasteiger partial charge in [0.1, 0.15) is 5.84 Å². The molecule has 1 aromatic carbocycles. The highest BCUT2D eigenvalue weighted by Crippen LogP contribution is 2.23. The highest BCUT2D eigenvalue weighted by molar-refractivity contribution is 7.99. The number of benzene rings is 1. The lowest BCUT2D eigenvalue weighted by Crippen LogP contribution is -2.11. The summed E-state index contributed by atoms with van der Waals surface area (Å²) in [5, 5.41) is 13.7. The van der Waals surface area contributed by atoms with Crippen LogP contribution in [0.3, 0.4) is 0 Å². The van der Waals surface area contributed by atoms with E-state index in [1.165, 1.54) is 5.39 Å². The third-order valence-electron chi connectivity index (χ3n) is 2.47. The molecule has 5 heteroatoms. The molecule has 0 saturated heterocycles. The summed E-state index contributed by atoms with van der Waals surface area (Å²) < 4.78 is 0. The molecule has 2 aromatic rings. The van der Waals surface area contributed by atoms with E-state index in [9.17, 15) is 0 Å². The van der Waals surface area contributed by atoms with Gasteiger partial charge in [0.15, 0.2) is 0 Å². The number of nitrogens with zero attached hydrogens (tertiary/aromatic N) is 1. The molecule has 1 aromatic heterocycles. The van der Waals surface area contributed by atoms with Crippen molar-refractivity contribution in [2.24, 2.45) is 10.9 Å². The smallest absolute Gasteiger partial charge is 0.139 e. The third-order valence-corrected chi connectivity index (χ3v) is 3.49. The van der Waals surface area contributed by atoms with Gasteiger partial charge in [-0.25, -0.2) is 0 Å². The van der Waals surface area contributed by atoms with Crippen LogP contribution in [0.1, 0.15) is 12.8 Å². The van der Waals surface area contributed by atoms with Crippen LogP contribution in [0.4, 0.5) is 0 Å². The van der Waals surface area contributed by atoms with E-state index in [2.05, 4.69) is 28.3 Å². The fourth-order valence-corrected chi connectivity index (χ4v) is 2.51. The second kappa shape index (κ2) is 5.63. The van der Waals surface area contributed by atoms with Crippen molar-refractivity contribution in [3.63, 3.8) is 0 Å². The van der Waals surface area contributed by atoms with E-state index < -0.39 is 0 Å². The van der Waals surface area contributed by atoms with Crippen LogP contribution in [0.5, 0.6) is 0 Å². The van der Waals surface area contributed by atoms with Crippen molar-refractivity contribution in [1.29, 1.82) is 0 Å². The van der Waals surface area contributed by atoms with Crippen LogP contribution in [-0.4, -0.2) is 21.8 Å². The molecule has 17 heavy (non-hydrogen) atoms. The number of hydrogen-bond acceptors (Lipinski definition) is 3. The number of oxime groups is 1. The average Bonchev–Trinajstić information content (AvgIpc) is 2.76. The number of aromatic amines is 1. The van der Waals surface area contributed by atoms with Crippen molar-refractivity contribution in [2.75, 3.05) is 5.75 Å². The van der Waals surface area contributed by atoms with E-state index in [-0.39, 0.29) is 0 Å². The topological polar surface area (TPSA) is 74.4 Å². The van der Waals surface area contributed by atoms with Crippen molar-refractivity contribution < 1.29 is 5.21 Å². The molecule has 90 valence electrons. The van der Waals surface area contributed by atoms with E-state index in [0.29, 0.717) is 12.3 Å². The van der Waals surface area contributed by atoms with Gasteiger partial charge in [0.2, 0.25) is 0 Å². The minimum absolute atomic E-state index is 0.294. The predicted octanol–water partition coefficient (Wildman–Crippen LogP) is 2.79. The second-order valence-corrected chi connectivity index (χ2v) is 4.90. The molecule has 0 aliphatic rings. The number of fused-ring (bicyclic) bond motifs is 1. The summed E-state index contributed by atoms with van der Waals surface area (Å²) in [6, 6.07) is 10.3. The van der Waals surface area contributed by atoms with Crippen molar-refractivity contribution in [3.05, 3.63) is 30.3 Å². The molecule has 0 aliphatic carbocycles. The number of nitrogens with one attached hydrogen (secondary N) is 1. The van der Waals surface area contributed by atoms with Gasteiger partial charge in [-0.3, -0.25) is 0 Å². The first-order valence-electron chi connectivity index (χ1n) is 5.46. The standard InChI is InChI=1S/C12H15N3OS/c13-11(15-16)6-3-7-17-12-8-9-4-1-2-5-10(9)14-12/h1-2,4-5,8,14,16H,3,6-7H2,(H2,13,15). The summed E-state index contributed by atoms with van der Waals surface area (Å²) in [5.41, 5.74) is 6.56. The number of thioether (sulfide) groups is 1. The first-order valence-corrected chi connectivity index (χ1v) is 6.45. The number of H-pyrrole nitrogens is 1. The molecule has 0 radical (unpaired) electrons. The molecule has 4 N–H and O–H groups in total. The molecule has 4 nitrogen and oxygen atoms in total. The minimum Gasteiger partial charge on any atom is -0.409 e. The van der Waals surface area contributed by atoms with E-state index in [0.717, 1.165) is 22.7 Å². The van der Waals surface area contributed by atoms with E-state index >= 15 is 0 Å². The highest BCUT2D eigenvalue weighted by atomic mass is 32.2. The number of nitrogens with two attached hydrogens (primary N) is 1. The monoisotopic (exact) mass is 249 g/mol. The Morgan fingerprint density at radius 3 is 3.00 bits per heavy atom. The number of para-hydroxylation sites is 1. The largest absolute Gasteiger partial charge is 0.409 e. The van der Waals surface area contributed by atoms with E-state index in [1.807, 2.05) is 12.1 Å². The van der Waals surface area contributed by atoms with Crippen LogP contribution in [-0.2, 0) is 0 Å². The molecule has 2 rings (SSSR count). The van der Waals surface area contributed by atoms with Crippen LogP contribution in [0.2, 0.25) is 0 Å². The molecule has 0 bridgehead atoms. The molecule has 0 unspecified atom stereocenters. The first-order chi connectivity index (χ1) is 8.29. The quantitative estimate of drug-likeness (QED) is 0.190. The maximum Gasteiger partial charge on any atom is 0.139 e. The molecule has 0 atom stereocenters. The van der Waals surface area contributed by atoms with Gasteiger partial charge >= 0.3 is 0 Å². The van der Waals surface area contributed by atoms with Gasteiger partial charge < -0.3 is 15.9 Å². The van der Waals surface area contributed by atoms with Gasteiger partial charge in [0, 0.05) is 17.3 Å². The normalized spacial score (nSPS) is 12.1. The number of amidine groups is 1. The van der Waals surface area contributed by atoms with Crippen LogP contribution in [0, 0.1) is 0 Å². The number of hydrogen-bond donors (Lipinski definition) is 3. The van der Waals surface area contributed by atoms with Crippen LogP contribution in [0.25, 0.3) is 10.9 Å². The average molecular weight is 249 g/mol. The summed E-state index contributed by atoms with van der Waals surface area (Å²) in [6.45, 7) is 0. The fraction of sp³-hybridized carbons (Fsp3) is 0.250. The van der Waals surface area contributed by atoms with Crippen LogP contribution < -0.4 is 5.73 Å². The van der Waals surface area contributed by atoms with Gasteiger partial charge in [0.05, 0.1) is 5.03 Å². The third kappa shape index (κ3) is 3.17. The summed E-state index contributed by atoms with van der Waals surface area (Å²) >= 11 is 1.75. The molecule has 0 saturated carbocycles. The zero-order valence-corrected chi connectivity index (χ0v) is 10.2. The summed E-state index contributed by atoms with van der Waals surface area (Å²) in [4.78, 5) is 3.35. The second-order valence-electron chi connectivity index (χ2n) is 3.76. The lowest BCUT2D eigenvalue weighted by molar-refractivity contribution is 0.317. The Morgan fingerprint density at radius 1 is 1.41 bits per heavy atom. The number of aromatic nitrogens is 1. The number of rotatable bonds is 5. The summed E-state index contributed by atoms with van der Waals surface area (Å²) in [7, 11) is 0. The maximum absolute atomic E-state index is 8.40. The molecule has 0 aliphatic heterocycles. The van der Waals surface area contributed by atoms with Gasteiger partial charge in [-0.1, -0.05) is 23.4 Å². The zero-order valence-electron chi connectivity index (χ0n) is 9.39. The molecular weight excluding hydrogens is 234 g/mol. The Labute approximate surface area is 104 Å². The molecule has 0 fully saturated rings. The summed E-state index contributed by atoms with van der Waals surface area (Å²) in [5.74, 6) is 1.24. The lowest BCUT2D eigenvalue weighted by Gasteiger charge is -1.98. The van der Waals surface area contributed by atoms with E-state index in [4.69, 9.17) is 10.9 Å². The van der Waals surface area contributed by atoms with Gasteiger partial charge in [-0.15, -0.1) is 11.8 Å².